The number of halogens is 3. The number of hydrogen-bond acceptors (Lipinski definition) is 9. The summed E-state index contributed by atoms with van der Waals surface area (Å²) in [5, 5.41) is 16.4. The summed E-state index contributed by atoms with van der Waals surface area (Å²) in [6, 6.07) is 16.4. The third-order valence-electron chi connectivity index (χ3n) is 6.36. The van der Waals surface area contributed by atoms with E-state index in [1.807, 2.05) is 42.5 Å². The first kappa shape index (κ1) is 30.2. The van der Waals surface area contributed by atoms with E-state index in [-0.39, 0.29) is 29.8 Å². The molecule has 0 saturated heterocycles. The highest BCUT2D eigenvalue weighted by molar-refractivity contribution is 6.19. The summed E-state index contributed by atoms with van der Waals surface area (Å²) >= 11 is 0. The van der Waals surface area contributed by atoms with Crippen molar-refractivity contribution in [2.24, 2.45) is 9.98 Å². The van der Waals surface area contributed by atoms with Gasteiger partial charge in [-0.15, -0.1) is 5.10 Å². The van der Waals surface area contributed by atoms with Crippen LogP contribution >= 0.6 is 0 Å². The van der Waals surface area contributed by atoms with E-state index in [0.29, 0.717) is 11.4 Å². The average Bonchev–Trinajstić information content (AvgIpc) is 3.37. The zero-order chi connectivity index (χ0) is 30.5. The third kappa shape index (κ3) is 7.10. The van der Waals surface area contributed by atoms with Gasteiger partial charge in [0.2, 0.25) is 6.17 Å². The Labute approximate surface area is 240 Å². The molecule has 0 saturated carbocycles. The Kier molecular flexibility index (Phi) is 8.90. The van der Waals surface area contributed by atoms with E-state index in [9.17, 15) is 18.0 Å². The normalized spacial score (nSPS) is 16.5. The first-order valence-corrected chi connectivity index (χ1v) is 12.8. The van der Waals surface area contributed by atoms with Gasteiger partial charge in [0.25, 0.3) is 11.8 Å². The molecule has 1 amide bonds. The molecule has 2 heterocycles. The van der Waals surface area contributed by atoms with Crippen molar-refractivity contribution in [3.63, 3.8) is 0 Å². The number of rotatable bonds is 10. The Balaban J connectivity index is 1.70. The number of aromatic nitrogens is 2. The van der Waals surface area contributed by atoms with Crippen LogP contribution in [0.25, 0.3) is 5.70 Å². The zero-order valence-corrected chi connectivity index (χ0v) is 23.4. The fourth-order valence-electron chi connectivity index (χ4n) is 3.82. The van der Waals surface area contributed by atoms with E-state index in [4.69, 9.17) is 9.15 Å². The number of fused-ring (bicyclic) bond motifs is 1. The number of alkyl halides is 3. The fraction of sp³-hybridized carbons (Fsp3) is 0.276. The lowest BCUT2D eigenvalue weighted by atomic mass is 10.0. The third-order valence-corrected chi connectivity index (χ3v) is 6.36. The van der Waals surface area contributed by atoms with Gasteiger partial charge in [-0.3, -0.25) is 9.79 Å². The molecule has 4 rings (SSSR count). The van der Waals surface area contributed by atoms with Crippen LogP contribution < -0.4 is 16.0 Å². The van der Waals surface area contributed by atoms with Gasteiger partial charge in [-0.25, -0.2) is 4.99 Å². The van der Waals surface area contributed by atoms with Crippen molar-refractivity contribution in [2.75, 3.05) is 24.3 Å². The second-order valence-corrected chi connectivity index (χ2v) is 9.90. The molecule has 1 aromatic heterocycles. The number of amides is 1. The highest BCUT2D eigenvalue weighted by atomic mass is 19.4. The van der Waals surface area contributed by atoms with Gasteiger partial charge in [-0.05, 0) is 39.6 Å². The molecular formula is C29H30F3N7O3. The van der Waals surface area contributed by atoms with Gasteiger partial charge in [0.15, 0.2) is 0 Å². The number of allylic oxidation sites excluding steroid dienone is 2. The summed E-state index contributed by atoms with van der Waals surface area (Å²) in [7, 11) is 1.48. The lowest BCUT2D eigenvalue weighted by molar-refractivity contribution is -0.116. The van der Waals surface area contributed by atoms with Crippen LogP contribution in [0, 0.1) is 0 Å². The molecule has 2 aromatic carbocycles. The molecule has 1 atom stereocenters. The Morgan fingerprint density at radius 3 is 2.50 bits per heavy atom. The maximum absolute atomic E-state index is 13.4. The largest absolute Gasteiger partial charge is 0.412 e. The number of aliphatic imine (C=N–C) groups is 2. The first-order chi connectivity index (χ1) is 19.9. The number of anilines is 2. The van der Waals surface area contributed by atoms with E-state index in [0.717, 1.165) is 24.1 Å². The van der Waals surface area contributed by atoms with Crippen molar-refractivity contribution in [3.05, 3.63) is 89.0 Å². The zero-order valence-electron chi connectivity index (χ0n) is 23.4. The lowest BCUT2D eigenvalue weighted by Gasteiger charge is -2.24. The van der Waals surface area contributed by atoms with Gasteiger partial charge in [0.1, 0.15) is 5.70 Å². The molecular weight excluding hydrogens is 551 g/mol. The number of nitrogens with zero attached hydrogens (tertiary/aromatic N) is 4. The standard InChI is InChI=1S/C29H30F3N7O3/c1-17(29(30,31)32)15-21(34-16-28(2,3)41-5)23(33-4)26-38-39-27(42-26)37-24-25(40)35-20-14-10-9-13-19(20)22(36-24)18-11-7-6-8-12-18/h6-15,24,34H,4,16H2,1-3,5H3,(H,35,40)(H,37,39)/b17-15+,23-21+/t24-/m1/s1. The van der Waals surface area contributed by atoms with E-state index >= 15 is 0 Å². The first-order valence-electron chi connectivity index (χ1n) is 12.8. The highest BCUT2D eigenvalue weighted by Gasteiger charge is 2.31. The van der Waals surface area contributed by atoms with Crippen LogP contribution in [0.4, 0.5) is 24.9 Å². The molecule has 3 N–H and O–H groups in total. The minimum absolute atomic E-state index is 0.0628. The number of hydrogen-bond donors (Lipinski definition) is 3. The van der Waals surface area contributed by atoms with Crippen LogP contribution in [0.2, 0.25) is 0 Å². The molecule has 1 aliphatic rings. The number of benzodiazepines with no additional fused rings is 1. The van der Waals surface area contributed by atoms with Crippen LogP contribution in [0.15, 0.2) is 86.3 Å². The molecule has 1 aliphatic heterocycles. The second-order valence-electron chi connectivity index (χ2n) is 9.90. The minimum Gasteiger partial charge on any atom is -0.402 e. The quantitative estimate of drug-likeness (QED) is 0.222. The van der Waals surface area contributed by atoms with Crippen molar-refractivity contribution in [1.82, 2.24) is 15.5 Å². The van der Waals surface area contributed by atoms with Gasteiger partial charge in [0, 0.05) is 30.4 Å². The molecule has 0 bridgehead atoms. The number of nitrogens with one attached hydrogen (secondary N) is 3. The van der Waals surface area contributed by atoms with E-state index in [1.54, 1.807) is 26.0 Å². The molecule has 0 fully saturated rings. The molecule has 0 spiro atoms. The summed E-state index contributed by atoms with van der Waals surface area (Å²) in [6.07, 6.45) is -4.90. The monoisotopic (exact) mass is 581 g/mol. The Morgan fingerprint density at radius 1 is 1.14 bits per heavy atom. The van der Waals surface area contributed by atoms with E-state index in [1.165, 1.54) is 7.11 Å². The second kappa shape index (κ2) is 12.4. The smallest absolute Gasteiger partial charge is 0.402 e. The molecule has 0 aliphatic carbocycles. The summed E-state index contributed by atoms with van der Waals surface area (Å²) < 4.78 is 51.3. The number of carbonyl (C=O) groups is 1. The molecule has 3 aromatic rings. The predicted molar refractivity (Wildman–Crippen MR) is 154 cm³/mol. The highest BCUT2D eigenvalue weighted by Crippen LogP contribution is 2.29. The number of para-hydroxylation sites is 1. The summed E-state index contributed by atoms with van der Waals surface area (Å²) in [5.74, 6) is -0.723. The van der Waals surface area contributed by atoms with Gasteiger partial charge >= 0.3 is 12.2 Å². The van der Waals surface area contributed by atoms with Crippen molar-refractivity contribution in [1.29, 1.82) is 0 Å². The van der Waals surface area contributed by atoms with Crippen molar-refractivity contribution < 1.29 is 27.1 Å². The Bertz CT molecular complexity index is 1540. The van der Waals surface area contributed by atoms with E-state index in [2.05, 4.69) is 42.9 Å². The van der Waals surface area contributed by atoms with E-state index < -0.39 is 29.4 Å². The number of ether oxygens (including phenoxy) is 1. The summed E-state index contributed by atoms with van der Waals surface area (Å²) in [4.78, 5) is 21.7. The van der Waals surface area contributed by atoms with Crippen LogP contribution in [-0.4, -0.2) is 60.1 Å². The van der Waals surface area contributed by atoms with Crippen LogP contribution in [-0.2, 0) is 9.53 Å². The van der Waals surface area contributed by atoms with Gasteiger partial charge < -0.3 is 25.1 Å². The van der Waals surface area contributed by atoms with Gasteiger partial charge in [-0.1, -0.05) is 53.6 Å². The fourth-order valence-corrected chi connectivity index (χ4v) is 3.82. The Morgan fingerprint density at radius 2 is 1.83 bits per heavy atom. The predicted octanol–water partition coefficient (Wildman–Crippen LogP) is 5.19. The SMILES string of the molecule is C=N/C(=C(\C=C(/C)C(F)(F)F)NCC(C)(C)OC)c1nnc(N[C@H]2N=C(c3ccccc3)c3ccccc3NC2=O)o1. The molecule has 0 unspecified atom stereocenters. The summed E-state index contributed by atoms with van der Waals surface area (Å²) in [6.45, 7) is 8.05. The number of benzene rings is 2. The summed E-state index contributed by atoms with van der Waals surface area (Å²) in [5.41, 5.74) is 0.814. The Hall–Kier alpha value is -4.78. The maximum atomic E-state index is 13.4. The topological polar surface area (TPSA) is 126 Å². The molecule has 10 nitrogen and oxygen atoms in total. The molecule has 13 heteroatoms. The minimum atomic E-state index is -4.59. The van der Waals surface area contributed by atoms with Crippen LogP contribution in [0.3, 0.4) is 0 Å². The van der Waals surface area contributed by atoms with Crippen LogP contribution in [0.5, 0.6) is 0 Å². The number of carbonyl (C=O) groups excluding carboxylic acids is 1. The van der Waals surface area contributed by atoms with Crippen molar-refractivity contribution in [2.45, 2.75) is 38.7 Å². The lowest BCUT2D eigenvalue weighted by Crippen LogP contribution is -2.36. The van der Waals surface area contributed by atoms with Crippen molar-refractivity contribution in [3.8, 4) is 0 Å². The van der Waals surface area contributed by atoms with Gasteiger partial charge in [0.05, 0.1) is 22.7 Å². The van der Waals surface area contributed by atoms with Gasteiger partial charge in [-0.2, -0.15) is 13.2 Å². The van der Waals surface area contributed by atoms with Crippen molar-refractivity contribution >= 4 is 35.7 Å². The molecule has 42 heavy (non-hydrogen) atoms. The van der Waals surface area contributed by atoms with Crippen LogP contribution in [0.1, 0.15) is 37.8 Å². The molecule has 220 valence electrons. The number of methoxy groups -OCH3 is 1. The molecule has 0 radical (unpaired) electrons. The maximum Gasteiger partial charge on any atom is 0.412 e. The average molecular weight is 582 g/mol.